The Balaban J connectivity index is 2.64. The van der Waals surface area contributed by atoms with E-state index >= 15 is 0 Å². The molecule has 0 atom stereocenters. The molecule has 0 spiro atoms. The zero-order chi connectivity index (χ0) is 9.14. The van der Waals surface area contributed by atoms with E-state index in [4.69, 9.17) is 0 Å². The van der Waals surface area contributed by atoms with Crippen molar-refractivity contribution in [1.29, 1.82) is 0 Å². The van der Waals surface area contributed by atoms with E-state index in [1.165, 1.54) is 18.9 Å². The van der Waals surface area contributed by atoms with Crippen molar-refractivity contribution in [2.75, 3.05) is 13.7 Å². The number of ketones is 1. The fraction of sp³-hybridized carbons (Fsp3) is 0.500. The number of carbonyl (C=O) groups is 2. The van der Waals surface area contributed by atoms with Gasteiger partial charge in [0.05, 0.1) is 7.11 Å². The van der Waals surface area contributed by atoms with Crippen LogP contribution in [0.5, 0.6) is 0 Å². The van der Waals surface area contributed by atoms with Gasteiger partial charge in [0, 0.05) is 18.3 Å². The van der Waals surface area contributed by atoms with Gasteiger partial charge in [-0.1, -0.05) is 0 Å². The smallest absolute Gasteiger partial charge is 0.413 e. The number of methoxy groups -OCH3 is 1. The lowest BCUT2D eigenvalue weighted by Crippen LogP contribution is -2.22. The van der Waals surface area contributed by atoms with E-state index in [1.54, 1.807) is 6.20 Å². The molecular formula is C8H11NO3. The van der Waals surface area contributed by atoms with E-state index in [1.807, 2.05) is 0 Å². The van der Waals surface area contributed by atoms with Crippen molar-refractivity contribution in [3.8, 4) is 0 Å². The lowest BCUT2D eigenvalue weighted by molar-refractivity contribution is -0.113. The van der Waals surface area contributed by atoms with Gasteiger partial charge in [-0.3, -0.25) is 9.69 Å². The number of carbonyl (C=O) groups excluding carboxylic acids is 2. The highest BCUT2D eigenvalue weighted by Crippen LogP contribution is 2.15. The van der Waals surface area contributed by atoms with E-state index in [0.29, 0.717) is 18.5 Å². The van der Waals surface area contributed by atoms with Crippen LogP contribution in [-0.2, 0) is 9.53 Å². The Kier molecular flexibility index (Phi) is 2.47. The molecule has 1 aliphatic rings. The highest BCUT2D eigenvalue weighted by atomic mass is 16.5. The van der Waals surface area contributed by atoms with E-state index in [0.717, 1.165) is 0 Å². The van der Waals surface area contributed by atoms with Gasteiger partial charge in [0.15, 0.2) is 5.78 Å². The number of ether oxygens (including phenoxy) is 1. The van der Waals surface area contributed by atoms with Crippen LogP contribution in [0.3, 0.4) is 0 Å². The molecule has 0 fully saturated rings. The van der Waals surface area contributed by atoms with Crippen LogP contribution < -0.4 is 0 Å². The molecule has 1 amide bonds. The van der Waals surface area contributed by atoms with Crippen molar-refractivity contribution in [3.63, 3.8) is 0 Å². The Morgan fingerprint density at radius 1 is 1.58 bits per heavy atom. The van der Waals surface area contributed by atoms with Crippen molar-refractivity contribution >= 4 is 11.9 Å². The number of hydrogen-bond donors (Lipinski definition) is 0. The first-order valence-corrected chi connectivity index (χ1v) is 3.71. The van der Waals surface area contributed by atoms with Crippen LogP contribution in [0.25, 0.3) is 0 Å². The first-order chi connectivity index (χ1) is 5.65. The second-order valence-corrected chi connectivity index (χ2v) is 2.62. The zero-order valence-electron chi connectivity index (χ0n) is 7.16. The summed E-state index contributed by atoms with van der Waals surface area (Å²) in [4.78, 5) is 23.2. The monoisotopic (exact) mass is 169 g/mol. The molecule has 12 heavy (non-hydrogen) atoms. The van der Waals surface area contributed by atoms with E-state index in [9.17, 15) is 9.59 Å². The third kappa shape index (κ3) is 1.64. The SMILES string of the molecule is COC(=O)N1C=C(C(C)=O)CC1. The number of nitrogens with zero attached hydrogens (tertiary/aromatic N) is 1. The first kappa shape index (κ1) is 8.77. The van der Waals surface area contributed by atoms with Crippen LogP contribution in [0.15, 0.2) is 11.8 Å². The Hall–Kier alpha value is -1.32. The fourth-order valence-corrected chi connectivity index (χ4v) is 1.09. The van der Waals surface area contributed by atoms with Crippen LogP contribution >= 0.6 is 0 Å². The number of Topliss-reactive ketones (excluding diaryl/α,β-unsaturated/α-hetero) is 1. The molecule has 0 aliphatic carbocycles. The summed E-state index contributed by atoms with van der Waals surface area (Å²) in [5.74, 6) is 0.0152. The fourth-order valence-electron chi connectivity index (χ4n) is 1.09. The minimum atomic E-state index is -0.411. The van der Waals surface area contributed by atoms with Crippen LogP contribution in [0.2, 0.25) is 0 Å². The van der Waals surface area contributed by atoms with Crippen LogP contribution in [-0.4, -0.2) is 30.4 Å². The van der Waals surface area contributed by atoms with E-state index in [-0.39, 0.29) is 5.78 Å². The van der Waals surface area contributed by atoms with Gasteiger partial charge in [0.1, 0.15) is 0 Å². The van der Waals surface area contributed by atoms with Crippen molar-refractivity contribution in [2.24, 2.45) is 0 Å². The summed E-state index contributed by atoms with van der Waals surface area (Å²) in [5.41, 5.74) is 0.681. The van der Waals surface area contributed by atoms with Gasteiger partial charge in [0.25, 0.3) is 0 Å². The summed E-state index contributed by atoms with van der Waals surface area (Å²) in [6, 6.07) is 0. The predicted molar refractivity (Wildman–Crippen MR) is 42.5 cm³/mol. The predicted octanol–water partition coefficient (Wildman–Crippen LogP) is 0.931. The summed E-state index contributed by atoms with van der Waals surface area (Å²) in [6.45, 7) is 2.04. The molecule has 0 N–H and O–H groups in total. The molecule has 4 heteroatoms. The number of rotatable bonds is 1. The number of hydrogen-bond acceptors (Lipinski definition) is 3. The Labute approximate surface area is 70.8 Å². The topological polar surface area (TPSA) is 46.6 Å². The summed E-state index contributed by atoms with van der Waals surface area (Å²) < 4.78 is 4.49. The summed E-state index contributed by atoms with van der Waals surface area (Å²) in [7, 11) is 1.32. The van der Waals surface area contributed by atoms with Crippen LogP contribution in [0.4, 0.5) is 4.79 Å². The molecular weight excluding hydrogens is 158 g/mol. The van der Waals surface area contributed by atoms with Crippen LogP contribution in [0, 0.1) is 0 Å². The molecule has 1 heterocycles. The second-order valence-electron chi connectivity index (χ2n) is 2.62. The summed E-state index contributed by atoms with van der Waals surface area (Å²) in [6.07, 6.45) is 1.77. The Morgan fingerprint density at radius 3 is 2.67 bits per heavy atom. The molecule has 0 saturated carbocycles. The normalized spacial score (nSPS) is 15.8. The molecule has 0 unspecified atom stereocenters. The second kappa shape index (κ2) is 3.38. The quantitative estimate of drug-likeness (QED) is 0.586. The highest BCUT2D eigenvalue weighted by Gasteiger charge is 2.20. The van der Waals surface area contributed by atoms with Crippen molar-refractivity contribution in [2.45, 2.75) is 13.3 Å². The van der Waals surface area contributed by atoms with Gasteiger partial charge in [-0.05, 0) is 13.3 Å². The summed E-state index contributed by atoms with van der Waals surface area (Å²) in [5, 5.41) is 0. The molecule has 66 valence electrons. The maximum absolute atomic E-state index is 10.9. The molecule has 0 aromatic carbocycles. The highest BCUT2D eigenvalue weighted by molar-refractivity contribution is 5.94. The Morgan fingerprint density at radius 2 is 2.25 bits per heavy atom. The average molecular weight is 169 g/mol. The third-order valence-corrected chi connectivity index (χ3v) is 1.80. The maximum Gasteiger partial charge on any atom is 0.413 e. The van der Waals surface area contributed by atoms with Crippen molar-refractivity contribution in [1.82, 2.24) is 4.90 Å². The first-order valence-electron chi connectivity index (χ1n) is 3.71. The summed E-state index contributed by atoms with van der Waals surface area (Å²) >= 11 is 0. The maximum atomic E-state index is 10.9. The van der Waals surface area contributed by atoms with Gasteiger partial charge >= 0.3 is 6.09 Å². The molecule has 0 saturated heterocycles. The van der Waals surface area contributed by atoms with Gasteiger partial charge < -0.3 is 4.74 Å². The Bertz CT molecular complexity index is 245. The molecule has 0 radical (unpaired) electrons. The zero-order valence-corrected chi connectivity index (χ0v) is 7.16. The standard InChI is InChI=1S/C8H11NO3/c1-6(10)7-3-4-9(5-7)8(11)12-2/h5H,3-4H2,1-2H3. The molecule has 0 bridgehead atoms. The lowest BCUT2D eigenvalue weighted by Gasteiger charge is -2.09. The molecule has 1 aliphatic heterocycles. The molecule has 0 aromatic rings. The lowest BCUT2D eigenvalue weighted by atomic mass is 10.2. The minimum absolute atomic E-state index is 0.0152. The number of amides is 1. The van der Waals surface area contributed by atoms with Gasteiger partial charge in [0.2, 0.25) is 0 Å². The van der Waals surface area contributed by atoms with Gasteiger partial charge in [-0.2, -0.15) is 0 Å². The minimum Gasteiger partial charge on any atom is -0.452 e. The van der Waals surface area contributed by atoms with Gasteiger partial charge in [-0.25, -0.2) is 4.79 Å². The molecule has 4 nitrogen and oxygen atoms in total. The van der Waals surface area contributed by atoms with E-state index < -0.39 is 6.09 Å². The van der Waals surface area contributed by atoms with Crippen molar-refractivity contribution in [3.05, 3.63) is 11.8 Å². The van der Waals surface area contributed by atoms with E-state index in [2.05, 4.69) is 4.74 Å². The van der Waals surface area contributed by atoms with Gasteiger partial charge in [-0.15, -0.1) is 0 Å². The third-order valence-electron chi connectivity index (χ3n) is 1.80. The van der Waals surface area contributed by atoms with Crippen molar-refractivity contribution < 1.29 is 14.3 Å². The molecule has 0 aromatic heterocycles. The largest absolute Gasteiger partial charge is 0.452 e. The van der Waals surface area contributed by atoms with Crippen LogP contribution in [0.1, 0.15) is 13.3 Å². The average Bonchev–Trinajstić information content (AvgIpc) is 2.51. The molecule has 1 rings (SSSR count).